The number of halogens is 3. The molecule has 0 aromatic heterocycles. The van der Waals surface area contributed by atoms with Gasteiger partial charge < -0.3 is 15.3 Å². The van der Waals surface area contributed by atoms with E-state index in [1.807, 2.05) is 0 Å². The first-order chi connectivity index (χ1) is 11.1. The summed E-state index contributed by atoms with van der Waals surface area (Å²) in [7, 11) is 1.48. The minimum absolute atomic E-state index is 0.0876. The number of aliphatic carboxylic acids is 1. The first-order valence-corrected chi connectivity index (χ1v) is 7.49. The maximum Gasteiger partial charge on any atom is 0.416 e. The van der Waals surface area contributed by atoms with Gasteiger partial charge in [0.1, 0.15) is 0 Å². The van der Waals surface area contributed by atoms with Crippen molar-refractivity contribution in [1.82, 2.24) is 10.2 Å². The zero-order valence-corrected chi connectivity index (χ0v) is 13.6. The molecule has 1 aromatic rings. The molecule has 0 aliphatic carbocycles. The highest BCUT2D eigenvalue weighted by Gasteiger charge is 2.30. The maximum absolute atomic E-state index is 12.7. The Bertz CT molecular complexity index is 576. The number of carbonyl (C=O) groups excluding carboxylic acids is 1. The number of carbonyl (C=O) groups is 2. The molecule has 1 aromatic carbocycles. The third-order valence-electron chi connectivity index (χ3n) is 3.64. The van der Waals surface area contributed by atoms with Gasteiger partial charge in [0.2, 0.25) is 0 Å². The number of carboxylic acid groups (broad SMARTS) is 1. The van der Waals surface area contributed by atoms with Crippen LogP contribution in [0.3, 0.4) is 0 Å². The minimum atomic E-state index is -4.38. The van der Waals surface area contributed by atoms with Gasteiger partial charge in [0.15, 0.2) is 0 Å². The van der Waals surface area contributed by atoms with Crippen LogP contribution >= 0.6 is 0 Å². The highest BCUT2D eigenvalue weighted by atomic mass is 19.4. The Labute approximate surface area is 138 Å². The Morgan fingerprint density at radius 3 is 2.58 bits per heavy atom. The average Bonchev–Trinajstić information content (AvgIpc) is 2.51. The summed E-state index contributed by atoms with van der Waals surface area (Å²) in [6, 6.07) is 4.72. The molecule has 1 rings (SSSR count). The second kappa shape index (κ2) is 8.56. The summed E-state index contributed by atoms with van der Waals surface area (Å²) in [6.45, 7) is 2.16. The lowest BCUT2D eigenvalue weighted by Crippen LogP contribution is -2.39. The summed E-state index contributed by atoms with van der Waals surface area (Å²) in [5, 5.41) is 11.2. The normalized spacial score (nSPS) is 12.5. The van der Waals surface area contributed by atoms with E-state index in [0.29, 0.717) is 12.0 Å². The van der Waals surface area contributed by atoms with Crippen LogP contribution in [0.5, 0.6) is 0 Å². The van der Waals surface area contributed by atoms with Gasteiger partial charge in [-0.15, -0.1) is 0 Å². The smallest absolute Gasteiger partial charge is 0.416 e. The van der Waals surface area contributed by atoms with Crippen molar-refractivity contribution in [2.75, 3.05) is 20.1 Å². The Balaban J connectivity index is 2.48. The molecule has 0 aliphatic rings. The third kappa shape index (κ3) is 6.47. The zero-order valence-electron chi connectivity index (χ0n) is 13.6. The van der Waals surface area contributed by atoms with Gasteiger partial charge in [-0.3, -0.25) is 4.79 Å². The van der Waals surface area contributed by atoms with Crippen molar-refractivity contribution in [2.24, 2.45) is 0 Å². The third-order valence-corrected chi connectivity index (χ3v) is 3.64. The molecule has 1 unspecified atom stereocenters. The van der Waals surface area contributed by atoms with Crippen LogP contribution in [0.25, 0.3) is 0 Å². The molecule has 0 spiro atoms. The molecule has 2 N–H and O–H groups in total. The van der Waals surface area contributed by atoms with Crippen LogP contribution in [0.1, 0.15) is 36.8 Å². The summed E-state index contributed by atoms with van der Waals surface area (Å²) in [6.07, 6.45) is -4.05. The van der Waals surface area contributed by atoms with Gasteiger partial charge in [-0.05, 0) is 24.0 Å². The Hall–Kier alpha value is -2.25. The molecule has 0 radical (unpaired) electrons. The second-order valence-corrected chi connectivity index (χ2v) is 5.61. The van der Waals surface area contributed by atoms with E-state index in [0.717, 1.165) is 12.1 Å². The molecule has 2 amide bonds. The van der Waals surface area contributed by atoms with E-state index in [1.165, 1.54) is 18.0 Å². The van der Waals surface area contributed by atoms with Crippen LogP contribution in [0.4, 0.5) is 18.0 Å². The molecular weight excluding hydrogens is 325 g/mol. The summed E-state index contributed by atoms with van der Waals surface area (Å²) >= 11 is 0. The van der Waals surface area contributed by atoms with Crippen molar-refractivity contribution in [3.8, 4) is 0 Å². The number of urea groups is 1. The van der Waals surface area contributed by atoms with Crippen LogP contribution in [-0.4, -0.2) is 42.1 Å². The van der Waals surface area contributed by atoms with Crippen molar-refractivity contribution >= 4 is 12.0 Å². The highest BCUT2D eigenvalue weighted by molar-refractivity contribution is 5.74. The van der Waals surface area contributed by atoms with Gasteiger partial charge in [-0.2, -0.15) is 13.2 Å². The molecule has 0 fully saturated rings. The first-order valence-electron chi connectivity index (χ1n) is 7.49. The number of hydrogen-bond donors (Lipinski definition) is 2. The molecule has 0 saturated carbocycles. The number of nitrogens with zero attached hydrogens (tertiary/aromatic N) is 1. The Kier molecular flexibility index (Phi) is 7.06. The van der Waals surface area contributed by atoms with Crippen molar-refractivity contribution in [2.45, 2.75) is 31.9 Å². The van der Waals surface area contributed by atoms with Crippen molar-refractivity contribution in [3.05, 3.63) is 35.4 Å². The van der Waals surface area contributed by atoms with E-state index in [9.17, 15) is 22.8 Å². The summed E-state index contributed by atoms with van der Waals surface area (Å²) in [5.74, 6) is -1.15. The van der Waals surface area contributed by atoms with Crippen molar-refractivity contribution in [1.29, 1.82) is 0 Å². The topological polar surface area (TPSA) is 69.6 Å². The number of alkyl halides is 3. The number of rotatable bonds is 7. The number of nitrogens with one attached hydrogen (secondary N) is 1. The predicted octanol–water partition coefficient (Wildman–Crippen LogP) is 3.32. The van der Waals surface area contributed by atoms with E-state index < -0.39 is 23.7 Å². The quantitative estimate of drug-likeness (QED) is 0.796. The largest absolute Gasteiger partial charge is 0.481 e. The summed E-state index contributed by atoms with van der Waals surface area (Å²) in [5.41, 5.74) is -0.136. The van der Waals surface area contributed by atoms with E-state index in [1.54, 1.807) is 13.0 Å². The predicted molar refractivity (Wildman–Crippen MR) is 82.8 cm³/mol. The standard InChI is InChI=1S/C16H21F3N2O3/c1-11(12-4-3-5-13(10-12)16(17,18)19)6-8-20-15(24)21(2)9-7-14(22)23/h3-5,10-11H,6-9H2,1-2H3,(H,20,24)(H,22,23). The number of carboxylic acids is 1. The van der Waals surface area contributed by atoms with Crippen LogP contribution in [-0.2, 0) is 11.0 Å². The van der Waals surface area contributed by atoms with Gasteiger partial charge >= 0.3 is 18.2 Å². The highest BCUT2D eigenvalue weighted by Crippen LogP contribution is 2.31. The SMILES string of the molecule is CC(CCNC(=O)N(C)CCC(=O)O)c1cccc(C(F)(F)F)c1. The fourth-order valence-corrected chi connectivity index (χ4v) is 2.08. The zero-order chi connectivity index (χ0) is 18.3. The Morgan fingerprint density at radius 1 is 1.33 bits per heavy atom. The summed E-state index contributed by atoms with van der Waals surface area (Å²) in [4.78, 5) is 23.4. The van der Waals surface area contributed by atoms with Crippen LogP contribution < -0.4 is 5.32 Å². The van der Waals surface area contributed by atoms with Crippen molar-refractivity contribution in [3.63, 3.8) is 0 Å². The van der Waals surface area contributed by atoms with Crippen LogP contribution in [0.2, 0.25) is 0 Å². The van der Waals surface area contributed by atoms with E-state index >= 15 is 0 Å². The van der Waals surface area contributed by atoms with E-state index in [2.05, 4.69) is 5.32 Å². The molecule has 0 saturated heterocycles. The average molecular weight is 346 g/mol. The second-order valence-electron chi connectivity index (χ2n) is 5.61. The van der Waals surface area contributed by atoms with Crippen molar-refractivity contribution < 1.29 is 27.9 Å². The molecule has 5 nitrogen and oxygen atoms in total. The molecule has 0 bridgehead atoms. The fraction of sp³-hybridized carbons (Fsp3) is 0.500. The van der Waals surface area contributed by atoms with Gasteiger partial charge in [-0.25, -0.2) is 4.79 Å². The molecular formula is C16H21F3N2O3. The lowest BCUT2D eigenvalue weighted by molar-refractivity contribution is -0.138. The van der Waals surface area contributed by atoms with Crippen LogP contribution in [0.15, 0.2) is 24.3 Å². The number of amides is 2. The molecule has 0 heterocycles. The summed E-state index contributed by atoms with van der Waals surface area (Å²) < 4.78 is 38.1. The van der Waals surface area contributed by atoms with Gasteiger partial charge in [-0.1, -0.05) is 25.1 Å². The van der Waals surface area contributed by atoms with Crippen LogP contribution in [0, 0.1) is 0 Å². The van der Waals surface area contributed by atoms with E-state index in [-0.39, 0.29) is 25.4 Å². The molecule has 134 valence electrons. The van der Waals surface area contributed by atoms with E-state index in [4.69, 9.17) is 5.11 Å². The molecule has 8 heteroatoms. The minimum Gasteiger partial charge on any atom is -0.481 e. The van der Waals surface area contributed by atoms with Gasteiger partial charge in [0, 0.05) is 20.1 Å². The lowest BCUT2D eigenvalue weighted by atomic mass is 9.96. The first kappa shape index (κ1) is 19.8. The van der Waals surface area contributed by atoms with Gasteiger partial charge in [0.05, 0.1) is 12.0 Å². The molecule has 0 aliphatic heterocycles. The number of benzene rings is 1. The van der Waals surface area contributed by atoms with Gasteiger partial charge in [0.25, 0.3) is 0 Å². The molecule has 24 heavy (non-hydrogen) atoms. The monoisotopic (exact) mass is 346 g/mol. The maximum atomic E-state index is 12.7. The fourth-order valence-electron chi connectivity index (χ4n) is 2.08. The lowest BCUT2D eigenvalue weighted by Gasteiger charge is -2.18. The molecule has 1 atom stereocenters. The Morgan fingerprint density at radius 2 is 2.00 bits per heavy atom. The number of hydrogen-bond acceptors (Lipinski definition) is 2.